The number of rotatable bonds is 2. The zero-order valence-corrected chi connectivity index (χ0v) is 9.74. The summed E-state index contributed by atoms with van der Waals surface area (Å²) in [5.74, 6) is -0.892. The molecule has 0 amide bonds. The van der Waals surface area contributed by atoms with Crippen LogP contribution in [0.2, 0.25) is 0 Å². The van der Waals surface area contributed by atoms with E-state index in [1.807, 2.05) is 13.8 Å². The Labute approximate surface area is 94.3 Å². The standard InChI is InChI=1S/C10H17N3O3/c1-4-10(2)7(6(11)5-16-10)13-8(12)9(14)15-3/h4-5,11H2,1-3H3,(H2,12,13). The first-order valence-corrected chi connectivity index (χ1v) is 5.00. The third-order valence-corrected chi connectivity index (χ3v) is 2.65. The number of methoxy groups -OCH3 is 1. The van der Waals surface area contributed by atoms with E-state index in [4.69, 9.17) is 16.2 Å². The molecule has 1 aliphatic heterocycles. The predicted octanol–water partition coefficient (Wildman–Crippen LogP) is -0.114. The SMILES string of the molecule is CCC1(C)OCC(N)=C1N=C(N)C(=O)OC. The van der Waals surface area contributed by atoms with E-state index in [0.717, 1.165) is 0 Å². The summed E-state index contributed by atoms with van der Waals surface area (Å²) < 4.78 is 9.98. The quantitative estimate of drug-likeness (QED) is 0.389. The Hall–Kier alpha value is -1.56. The summed E-state index contributed by atoms with van der Waals surface area (Å²) in [5.41, 5.74) is 11.7. The third kappa shape index (κ3) is 2.16. The lowest BCUT2D eigenvalue weighted by Crippen LogP contribution is -2.30. The van der Waals surface area contributed by atoms with E-state index < -0.39 is 11.6 Å². The maximum atomic E-state index is 11.1. The zero-order valence-electron chi connectivity index (χ0n) is 9.74. The van der Waals surface area contributed by atoms with Crippen molar-refractivity contribution in [2.24, 2.45) is 16.5 Å². The van der Waals surface area contributed by atoms with Crippen molar-refractivity contribution in [2.45, 2.75) is 25.9 Å². The van der Waals surface area contributed by atoms with Crippen LogP contribution in [0.4, 0.5) is 0 Å². The summed E-state index contributed by atoms with van der Waals surface area (Å²) >= 11 is 0. The highest BCUT2D eigenvalue weighted by molar-refractivity contribution is 6.34. The summed E-state index contributed by atoms with van der Waals surface area (Å²) in [5, 5.41) is 0. The van der Waals surface area contributed by atoms with Gasteiger partial charge in [0.15, 0.2) is 0 Å². The first kappa shape index (κ1) is 12.5. The fourth-order valence-corrected chi connectivity index (χ4v) is 1.44. The number of hydrogen-bond acceptors (Lipinski definition) is 5. The first-order valence-electron chi connectivity index (χ1n) is 5.00. The van der Waals surface area contributed by atoms with Crippen molar-refractivity contribution >= 4 is 11.8 Å². The molecule has 0 aromatic heterocycles. The topological polar surface area (TPSA) is 99.9 Å². The second-order valence-corrected chi connectivity index (χ2v) is 3.74. The molecule has 6 heteroatoms. The van der Waals surface area contributed by atoms with Gasteiger partial charge in [-0.05, 0) is 13.3 Å². The Morgan fingerprint density at radius 3 is 2.81 bits per heavy atom. The van der Waals surface area contributed by atoms with Crippen molar-refractivity contribution in [3.05, 3.63) is 11.4 Å². The molecule has 0 aliphatic carbocycles. The Kier molecular flexibility index (Phi) is 3.54. The fourth-order valence-electron chi connectivity index (χ4n) is 1.44. The van der Waals surface area contributed by atoms with Crippen LogP contribution in [-0.2, 0) is 14.3 Å². The predicted molar refractivity (Wildman–Crippen MR) is 59.5 cm³/mol. The molecule has 1 heterocycles. The van der Waals surface area contributed by atoms with Crippen LogP contribution < -0.4 is 11.5 Å². The molecule has 0 radical (unpaired) electrons. The number of hydrogen-bond donors (Lipinski definition) is 2. The minimum atomic E-state index is -0.675. The molecule has 0 saturated heterocycles. The van der Waals surface area contributed by atoms with Gasteiger partial charge in [0, 0.05) is 0 Å². The highest BCUT2D eigenvalue weighted by atomic mass is 16.5. The van der Waals surface area contributed by atoms with Crippen molar-refractivity contribution in [3.8, 4) is 0 Å². The number of esters is 1. The van der Waals surface area contributed by atoms with E-state index >= 15 is 0 Å². The number of ether oxygens (including phenoxy) is 2. The van der Waals surface area contributed by atoms with Gasteiger partial charge in [-0.25, -0.2) is 9.79 Å². The molecule has 1 aliphatic rings. The average Bonchev–Trinajstić information content (AvgIpc) is 2.57. The molecule has 4 N–H and O–H groups in total. The lowest BCUT2D eigenvalue weighted by Gasteiger charge is -2.22. The fraction of sp³-hybridized carbons (Fsp3) is 0.600. The summed E-state index contributed by atoms with van der Waals surface area (Å²) in [7, 11) is 1.24. The van der Waals surface area contributed by atoms with Crippen molar-refractivity contribution < 1.29 is 14.3 Å². The molecule has 90 valence electrons. The molecular weight excluding hydrogens is 210 g/mol. The molecular formula is C10H17N3O3. The van der Waals surface area contributed by atoms with Gasteiger partial charge >= 0.3 is 5.97 Å². The first-order chi connectivity index (χ1) is 7.44. The second kappa shape index (κ2) is 4.52. The Morgan fingerprint density at radius 1 is 1.69 bits per heavy atom. The normalized spacial score (nSPS) is 26.1. The Bertz CT molecular complexity index is 362. The number of amidine groups is 1. The molecule has 0 aromatic carbocycles. The van der Waals surface area contributed by atoms with Gasteiger partial charge < -0.3 is 20.9 Å². The largest absolute Gasteiger partial charge is 0.463 e. The van der Waals surface area contributed by atoms with E-state index in [0.29, 0.717) is 24.4 Å². The third-order valence-electron chi connectivity index (χ3n) is 2.65. The molecule has 6 nitrogen and oxygen atoms in total. The van der Waals surface area contributed by atoms with Crippen LogP contribution in [0.25, 0.3) is 0 Å². The molecule has 1 atom stereocenters. The molecule has 0 bridgehead atoms. The van der Waals surface area contributed by atoms with E-state index in [1.54, 1.807) is 0 Å². The van der Waals surface area contributed by atoms with Gasteiger partial charge in [0.1, 0.15) is 5.60 Å². The van der Waals surface area contributed by atoms with E-state index in [9.17, 15) is 4.79 Å². The van der Waals surface area contributed by atoms with Gasteiger partial charge in [0.2, 0.25) is 5.84 Å². The minimum Gasteiger partial charge on any atom is -0.463 e. The van der Waals surface area contributed by atoms with Crippen molar-refractivity contribution in [2.75, 3.05) is 13.7 Å². The van der Waals surface area contributed by atoms with Crippen LogP contribution >= 0.6 is 0 Å². The van der Waals surface area contributed by atoms with Crippen molar-refractivity contribution in [3.63, 3.8) is 0 Å². The van der Waals surface area contributed by atoms with Gasteiger partial charge in [-0.15, -0.1) is 0 Å². The van der Waals surface area contributed by atoms with Gasteiger partial charge in [-0.1, -0.05) is 6.92 Å². The van der Waals surface area contributed by atoms with Crippen LogP contribution in [-0.4, -0.2) is 31.1 Å². The minimum absolute atomic E-state index is 0.217. The number of aliphatic imine (C=N–C) groups is 1. The summed E-state index contributed by atoms with van der Waals surface area (Å²) in [6.45, 7) is 4.11. The Morgan fingerprint density at radius 2 is 2.31 bits per heavy atom. The number of carbonyl (C=O) groups is 1. The summed E-state index contributed by atoms with van der Waals surface area (Å²) in [4.78, 5) is 15.1. The maximum Gasteiger partial charge on any atom is 0.373 e. The lowest BCUT2D eigenvalue weighted by atomic mass is 10.00. The smallest absolute Gasteiger partial charge is 0.373 e. The monoisotopic (exact) mass is 227 g/mol. The Balaban J connectivity index is 3.03. The highest BCUT2D eigenvalue weighted by Crippen LogP contribution is 2.33. The number of nitrogens with two attached hydrogens (primary N) is 2. The number of nitrogens with zero attached hydrogens (tertiary/aromatic N) is 1. The molecule has 0 aromatic rings. The molecule has 1 rings (SSSR count). The van der Waals surface area contributed by atoms with Crippen LogP contribution in [0.1, 0.15) is 20.3 Å². The molecule has 0 fully saturated rings. The number of carbonyl (C=O) groups excluding carboxylic acids is 1. The van der Waals surface area contributed by atoms with E-state index in [-0.39, 0.29) is 5.84 Å². The summed E-state index contributed by atoms with van der Waals surface area (Å²) in [6.07, 6.45) is 0.695. The maximum absolute atomic E-state index is 11.1. The van der Waals surface area contributed by atoms with Gasteiger partial charge in [-0.3, -0.25) is 0 Å². The molecule has 0 saturated carbocycles. The average molecular weight is 227 g/mol. The van der Waals surface area contributed by atoms with Crippen LogP contribution in [0.5, 0.6) is 0 Å². The molecule has 16 heavy (non-hydrogen) atoms. The lowest BCUT2D eigenvalue weighted by molar-refractivity contribution is -0.132. The molecule has 1 unspecified atom stereocenters. The van der Waals surface area contributed by atoms with Crippen LogP contribution in [0.3, 0.4) is 0 Å². The van der Waals surface area contributed by atoms with Crippen molar-refractivity contribution in [1.29, 1.82) is 0 Å². The molecule has 0 spiro atoms. The van der Waals surface area contributed by atoms with E-state index in [1.165, 1.54) is 7.11 Å². The van der Waals surface area contributed by atoms with Crippen LogP contribution in [0.15, 0.2) is 16.4 Å². The van der Waals surface area contributed by atoms with Crippen molar-refractivity contribution in [1.82, 2.24) is 0 Å². The summed E-state index contributed by atoms with van der Waals surface area (Å²) in [6, 6.07) is 0. The van der Waals surface area contributed by atoms with Gasteiger partial charge in [-0.2, -0.15) is 0 Å². The van der Waals surface area contributed by atoms with Gasteiger partial charge in [0.25, 0.3) is 0 Å². The van der Waals surface area contributed by atoms with Crippen LogP contribution in [0, 0.1) is 0 Å². The second-order valence-electron chi connectivity index (χ2n) is 3.74. The zero-order chi connectivity index (χ0) is 12.3. The van der Waals surface area contributed by atoms with E-state index in [2.05, 4.69) is 9.73 Å². The van der Waals surface area contributed by atoms with Gasteiger partial charge in [0.05, 0.1) is 25.1 Å². The highest BCUT2D eigenvalue weighted by Gasteiger charge is 2.36.